The molecule has 4 rings (SSSR count). The van der Waals surface area contributed by atoms with Crippen LogP contribution in [0.3, 0.4) is 0 Å². The maximum absolute atomic E-state index is 2.55. The molecule has 3 aromatic rings. The van der Waals surface area contributed by atoms with E-state index < -0.39 is 0 Å². The van der Waals surface area contributed by atoms with Crippen molar-refractivity contribution in [2.45, 2.75) is 45.6 Å². The van der Waals surface area contributed by atoms with Gasteiger partial charge in [-0.1, -0.05) is 72.5 Å². The van der Waals surface area contributed by atoms with Crippen LogP contribution >= 0.6 is 0 Å². The highest BCUT2D eigenvalue weighted by Gasteiger charge is 2.24. The molecule has 0 heterocycles. The first kappa shape index (κ1) is 16.9. The van der Waals surface area contributed by atoms with E-state index in [9.17, 15) is 0 Å². The van der Waals surface area contributed by atoms with Crippen molar-refractivity contribution in [3.8, 4) is 11.1 Å². The van der Waals surface area contributed by atoms with Gasteiger partial charge in [-0.05, 0) is 62.1 Å². The highest BCUT2D eigenvalue weighted by atomic mass is 15.2. The standard InChI is InChI=1S/C25H27N/c1-19-7-11-21(12-8-19)22-13-17-25(18-14-22)26(23-5-3-4-6-23)24-15-9-20(2)10-16-24/h7-18,23H,3-6H2,1-2H3. The molecule has 1 heteroatoms. The molecule has 1 fully saturated rings. The van der Waals surface area contributed by atoms with E-state index in [1.54, 1.807) is 0 Å². The number of benzene rings is 3. The zero-order valence-corrected chi connectivity index (χ0v) is 15.8. The second-order valence-corrected chi connectivity index (χ2v) is 7.56. The molecule has 132 valence electrons. The summed E-state index contributed by atoms with van der Waals surface area (Å²) in [6.07, 6.45) is 5.25. The molecule has 0 aliphatic heterocycles. The van der Waals surface area contributed by atoms with Crippen LogP contribution in [0.2, 0.25) is 0 Å². The Balaban J connectivity index is 1.67. The van der Waals surface area contributed by atoms with E-state index in [1.807, 2.05) is 0 Å². The van der Waals surface area contributed by atoms with E-state index in [1.165, 1.54) is 59.3 Å². The van der Waals surface area contributed by atoms with Gasteiger partial charge in [-0.3, -0.25) is 0 Å². The quantitative estimate of drug-likeness (QED) is 0.491. The summed E-state index contributed by atoms with van der Waals surface area (Å²) in [4.78, 5) is 2.55. The third-order valence-electron chi connectivity index (χ3n) is 5.53. The Kier molecular flexibility index (Phi) is 4.79. The van der Waals surface area contributed by atoms with E-state index in [-0.39, 0.29) is 0 Å². The van der Waals surface area contributed by atoms with Gasteiger partial charge in [0.05, 0.1) is 0 Å². The van der Waals surface area contributed by atoms with Gasteiger partial charge in [0.25, 0.3) is 0 Å². The minimum absolute atomic E-state index is 0.614. The molecule has 1 aliphatic carbocycles. The topological polar surface area (TPSA) is 3.24 Å². The fourth-order valence-corrected chi connectivity index (χ4v) is 4.00. The molecule has 0 saturated heterocycles. The molecule has 0 spiro atoms. The lowest BCUT2D eigenvalue weighted by molar-refractivity contribution is 0.677. The van der Waals surface area contributed by atoms with Gasteiger partial charge < -0.3 is 4.90 Å². The lowest BCUT2D eigenvalue weighted by atomic mass is 10.0. The molecule has 1 aliphatic rings. The van der Waals surface area contributed by atoms with E-state index >= 15 is 0 Å². The summed E-state index contributed by atoms with van der Waals surface area (Å²) in [5.74, 6) is 0. The highest BCUT2D eigenvalue weighted by molar-refractivity contribution is 5.70. The molecule has 1 saturated carbocycles. The predicted octanol–water partition coefficient (Wildman–Crippen LogP) is 7.05. The van der Waals surface area contributed by atoms with Gasteiger partial charge >= 0.3 is 0 Å². The van der Waals surface area contributed by atoms with Crippen LogP contribution in [0.5, 0.6) is 0 Å². The summed E-state index contributed by atoms with van der Waals surface area (Å²) >= 11 is 0. The summed E-state index contributed by atoms with van der Waals surface area (Å²) in [7, 11) is 0. The molecule has 0 unspecified atom stereocenters. The van der Waals surface area contributed by atoms with Gasteiger partial charge in [-0.15, -0.1) is 0 Å². The maximum atomic E-state index is 2.55. The van der Waals surface area contributed by atoms with Gasteiger partial charge in [-0.25, -0.2) is 0 Å². The molecule has 0 radical (unpaired) electrons. The average Bonchev–Trinajstić information content (AvgIpc) is 3.19. The second kappa shape index (κ2) is 7.37. The van der Waals surface area contributed by atoms with Crippen LogP contribution in [-0.4, -0.2) is 6.04 Å². The van der Waals surface area contributed by atoms with Crippen molar-refractivity contribution in [2.75, 3.05) is 4.90 Å². The Morgan fingerprint density at radius 1 is 0.577 bits per heavy atom. The Labute approximate surface area is 157 Å². The number of anilines is 2. The van der Waals surface area contributed by atoms with Crippen LogP contribution in [0.15, 0.2) is 72.8 Å². The first-order chi connectivity index (χ1) is 12.7. The minimum atomic E-state index is 0.614. The van der Waals surface area contributed by atoms with Crippen molar-refractivity contribution < 1.29 is 0 Å². The zero-order chi connectivity index (χ0) is 17.9. The third-order valence-corrected chi connectivity index (χ3v) is 5.53. The first-order valence-corrected chi connectivity index (χ1v) is 9.74. The van der Waals surface area contributed by atoms with Gasteiger partial charge in [0, 0.05) is 17.4 Å². The SMILES string of the molecule is Cc1ccc(-c2ccc(N(c3ccc(C)cc3)C3CCCC3)cc2)cc1. The molecule has 0 aromatic heterocycles. The Bertz CT molecular complexity index is 838. The predicted molar refractivity (Wildman–Crippen MR) is 112 cm³/mol. The van der Waals surface area contributed by atoms with Crippen molar-refractivity contribution in [3.63, 3.8) is 0 Å². The molecular formula is C25H27N. The van der Waals surface area contributed by atoms with Gasteiger partial charge in [0.2, 0.25) is 0 Å². The Morgan fingerprint density at radius 2 is 0.962 bits per heavy atom. The lowest BCUT2D eigenvalue weighted by Crippen LogP contribution is -2.28. The summed E-state index contributed by atoms with van der Waals surface area (Å²) in [5.41, 5.74) is 7.79. The average molecular weight is 341 g/mol. The fourth-order valence-electron chi connectivity index (χ4n) is 4.00. The van der Waals surface area contributed by atoms with Gasteiger partial charge in [0.1, 0.15) is 0 Å². The number of rotatable bonds is 4. The van der Waals surface area contributed by atoms with Gasteiger partial charge in [0.15, 0.2) is 0 Å². The summed E-state index contributed by atoms with van der Waals surface area (Å²) in [6.45, 7) is 4.29. The summed E-state index contributed by atoms with van der Waals surface area (Å²) in [6, 6.07) is 27.5. The van der Waals surface area contributed by atoms with Crippen molar-refractivity contribution in [1.29, 1.82) is 0 Å². The van der Waals surface area contributed by atoms with Crippen molar-refractivity contribution in [1.82, 2.24) is 0 Å². The third kappa shape index (κ3) is 3.53. The number of hydrogen-bond donors (Lipinski definition) is 0. The minimum Gasteiger partial charge on any atom is -0.338 e. The van der Waals surface area contributed by atoms with Crippen LogP contribution in [-0.2, 0) is 0 Å². The molecule has 0 atom stereocenters. The van der Waals surface area contributed by atoms with Crippen molar-refractivity contribution in [2.24, 2.45) is 0 Å². The van der Waals surface area contributed by atoms with Crippen LogP contribution in [0, 0.1) is 13.8 Å². The summed E-state index contributed by atoms with van der Waals surface area (Å²) in [5, 5.41) is 0. The molecular weight excluding hydrogens is 314 g/mol. The van der Waals surface area contributed by atoms with Crippen LogP contribution < -0.4 is 4.90 Å². The van der Waals surface area contributed by atoms with E-state index in [0.29, 0.717) is 6.04 Å². The fraction of sp³-hybridized carbons (Fsp3) is 0.280. The van der Waals surface area contributed by atoms with Gasteiger partial charge in [-0.2, -0.15) is 0 Å². The van der Waals surface area contributed by atoms with Crippen LogP contribution in [0.1, 0.15) is 36.8 Å². The number of nitrogens with zero attached hydrogens (tertiary/aromatic N) is 1. The van der Waals surface area contributed by atoms with Crippen molar-refractivity contribution >= 4 is 11.4 Å². The lowest BCUT2D eigenvalue weighted by Gasteiger charge is -2.31. The smallest absolute Gasteiger partial charge is 0.0413 e. The monoisotopic (exact) mass is 341 g/mol. The Hall–Kier alpha value is -2.54. The zero-order valence-electron chi connectivity index (χ0n) is 15.8. The first-order valence-electron chi connectivity index (χ1n) is 9.74. The molecule has 1 nitrogen and oxygen atoms in total. The Morgan fingerprint density at radius 3 is 1.46 bits per heavy atom. The van der Waals surface area contributed by atoms with Crippen molar-refractivity contribution in [3.05, 3.63) is 83.9 Å². The number of hydrogen-bond acceptors (Lipinski definition) is 1. The van der Waals surface area contributed by atoms with E-state index in [0.717, 1.165) is 0 Å². The van der Waals surface area contributed by atoms with E-state index in [4.69, 9.17) is 0 Å². The normalized spacial score (nSPS) is 14.5. The molecule has 26 heavy (non-hydrogen) atoms. The molecule has 3 aromatic carbocycles. The second-order valence-electron chi connectivity index (χ2n) is 7.56. The molecule has 0 bridgehead atoms. The maximum Gasteiger partial charge on any atom is 0.0413 e. The van der Waals surface area contributed by atoms with Crippen LogP contribution in [0.25, 0.3) is 11.1 Å². The molecule has 0 N–H and O–H groups in total. The van der Waals surface area contributed by atoms with Crippen LogP contribution in [0.4, 0.5) is 11.4 Å². The number of aryl methyl sites for hydroxylation is 2. The summed E-state index contributed by atoms with van der Waals surface area (Å²) < 4.78 is 0. The largest absolute Gasteiger partial charge is 0.338 e. The highest BCUT2D eigenvalue weighted by Crippen LogP contribution is 2.36. The van der Waals surface area contributed by atoms with E-state index in [2.05, 4.69) is 91.5 Å². The molecule has 0 amide bonds.